The third-order valence-electron chi connectivity index (χ3n) is 3.54. The number of nitrogens with one attached hydrogen (secondary N) is 1. The summed E-state index contributed by atoms with van der Waals surface area (Å²) in [6.45, 7) is 4.97. The minimum Gasteiger partial charge on any atom is -0.310 e. The highest BCUT2D eigenvalue weighted by Crippen LogP contribution is 2.34. The van der Waals surface area contributed by atoms with Crippen LogP contribution in [-0.2, 0) is 6.54 Å². The molecule has 0 bridgehead atoms. The number of thiophene rings is 1. The van der Waals surface area contributed by atoms with Crippen LogP contribution in [0.4, 0.5) is 4.39 Å². The molecule has 3 heteroatoms. The standard InChI is InChI=1S/C18H18FNS/c1-12(2)20-11-14-6-7-15(19)10-17(14)16-5-3-4-13-8-9-21-18(13)16/h3-10,12,20H,11H2,1-2H3. The Labute approximate surface area is 128 Å². The van der Waals surface area contributed by atoms with E-state index < -0.39 is 0 Å². The van der Waals surface area contributed by atoms with Gasteiger partial charge in [0.15, 0.2) is 0 Å². The van der Waals surface area contributed by atoms with Crippen LogP contribution >= 0.6 is 11.3 Å². The van der Waals surface area contributed by atoms with Crippen LogP contribution in [0.15, 0.2) is 47.8 Å². The normalized spacial score (nSPS) is 11.4. The first-order chi connectivity index (χ1) is 10.1. The molecule has 0 atom stereocenters. The number of rotatable bonds is 4. The van der Waals surface area contributed by atoms with Gasteiger partial charge in [-0.15, -0.1) is 11.3 Å². The Bertz CT molecular complexity index is 761. The molecule has 1 aromatic heterocycles. The van der Waals surface area contributed by atoms with Crippen LogP contribution in [0.3, 0.4) is 0 Å². The predicted octanol–water partition coefficient (Wildman–Crippen LogP) is 5.21. The SMILES string of the molecule is CC(C)NCc1ccc(F)cc1-c1cccc2ccsc12. The third kappa shape index (κ3) is 2.99. The summed E-state index contributed by atoms with van der Waals surface area (Å²) in [5.41, 5.74) is 3.23. The first kappa shape index (κ1) is 14.2. The molecule has 108 valence electrons. The maximum Gasteiger partial charge on any atom is 0.123 e. The fraction of sp³-hybridized carbons (Fsp3) is 0.222. The van der Waals surface area contributed by atoms with E-state index in [0.717, 1.165) is 23.2 Å². The molecule has 0 saturated carbocycles. The van der Waals surface area contributed by atoms with Gasteiger partial charge >= 0.3 is 0 Å². The summed E-state index contributed by atoms with van der Waals surface area (Å²) < 4.78 is 15.0. The second kappa shape index (κ2) is 5.96. The molecule has 0 aliphatic rings. The highest BCUT2D eigenvalue weighted by Gasteiger charge is 2.11. The van der Waals surface area contributed by atoms with E-state index in [4.69, 9.17) is 0 Å². The van der Waals surface area contributed by atoms with E-state index in [1.165, 1.54) is 16.2 Å². The number of hydrogen-bond donors (Lipinski definition) is 1. The van der Waals surface area contributed by atoms with Crippen LogP contribution in [0, 0.1) is 5.82 Å². The maximum absolute atomic E-state index is 13.7. The van der Waals surface area contributed by atoms with Crippen LogP contribution in [0.2, 0.25) is 0 Å². The van der Waals surface area contributed by atoms with E-state index in [9.17, 15) is 4.39 Å². The fourth-order valence-corrected chi connectivity index (χ4v) is 3.40. The van der Waals surface area contributed by atoms with Crippen molar-refractivity contribution in [2.45, 2.75) is 26.4 Å². The monoisotopic (exact) mass is 299 g/mol. The largest absolute Gasteiger partial charge is 0.310 e. The predicted molar refractivity (Wildman–Crippen MR) is 89.2 cm³/mol. The lowest BCUT2D eigenvalue weighted by Gasteiger charge is -2.14. The van der Waals surface area contributed by atoms with Gasteiger partial charge in [0.2, 0.25) is 0 Å². The Morgan fingerprint density at radius 3 is 2.76 bits per heavy atom. The second-order valence-corrected chi connectivity index (χ2v) is 6.40. The minimum absolute atomic E-state index is 0.188. The van der Waals surface area contributed by atoms with Gasteiger partial charge in [-0.05, 0) is 45.7 Å². The first-order valence-corrected chi connectivity index (χ1v) is 8.01. The van der Waals surface area contributed by atoms with Crippen molar-refractivity contribution in [1.82, 2.24) is 5.32 Å². The zero-order chi connectivity index (χ0) is 14.8. The van der Waals surface area contributed by atoms with E-state index in [-0.39, 0.29) is 5.82 Å². The molecule has 0 aliphatic heterocycles. The lowest BCUT2D eigenvalue weighted by atomic mass is 9.98. The maximum atomic E-state index is 13.7. The third-order valence-corrected chi connectivity index (χ3v) is 4.51. The molecule has 0 amide bonds. The molecule has 0 saturated heterocycles. The van der Waals surface area contributed by atoms with Crippen molar-refractivity contribution in [3.63, 3.8) is 0 Å². The van der Waals surface area contributed by atoms with Gasteiger partial charge in [-0.1, -0.05) is 38.1 Å². The van der Waals surface area contributed by atoms with E-state index in [0.29, 0.717) is 6.04 Å². The van der Waals surface area contributed by atoms with Crippen molar-refractivity contribution < 1.29 is 4.39 Å². The molecule has 21 heavy (non-hydrogen) atoms. The Morgan fingerprint density at radius 2 is 1.95 bits per heavy atom. The number of fused-ring (bicyclic) bond motifs is 1. The summed E-state index contributed by atoms with van der Waals surface area (Å²) in [5, 5.41) is 6.71. The van der Waals surface area contributed by atoms with Gasteiger partial charge < -0.3 is 5.32 Å². The van der Waals surface area contributed by atoms with Crippen molar-refractivity contribution in [3.8, 4) is 11.1 Å². The van der Waals surface area contributed by atoms with Crippen molar-refractivity contribution >= 4 is 21.4 Å². The van der Waals surface area contributed by atoms with E-state index in [1.54, 1.807) is 17.4 Å². The minimum atomic E-state index is -0.188. The average Bonchev–Trinajstić information content (AvgIpc) is 2.94. The van der Waals surface area contributed by atoms with E-state index in [2.05, 4.69) is 42.7 Å². The zero-order valence-electron chi connectivity index (χ0n) is 12.2. The van der Waals surface area contributed by atoms with Gasteiger partial charge in [0.25, 0.3) is 0 Å². The van der Waals surface area contributed by atoms with Crippen LogP contribution in [0.5, 0.6) is 0 Å². The number of halogens is 1. The lowest BCUT2D eigenvalue weighted by molar-refractivity contribution is 0.587. The van der Waals surface area contributed by atoms with Crippen molar-refractivity contribution in [2.75, 3.05) is 0 Å². The molecule has 0 radical (unpaired) electrons. The van der Waals surface area contributed by atoms with Crippen molar-refractivity contribution in [1.29, 1.82) is 0 Å². The molecule has 1 nitrogen and oxygen atoms in total. The summed E-state index contributed by atoms with van der Waals surface area (Å²) >= 11 is 1.70. The van der Waals surface area contributed by atoms with Gasteiger partial charge in [0.05, 0.1) is 0 Å². The van der Waals surface area contributed by atoms with Crippen molar-refractivity contribution in [3.05, 3.63) is 59.2 Å². The molecule has 0 fully saturated rings. The van der Waals surface area contributed by atoms with E-state index >= 15 is 0 Å². The molecular formula is C18H18FNS. The molecule has 1 heterocycles. The Morgan fingerprint density at radius 1 is 1.10 bits per heavy atom. The molecule has 0 spiro atoms. The molecule has 3 rings (SSSR count). The molecule has 3 aromatic rings. The van der Waals surface area contributed by atoms with Crippen LogP contribution in [-0.4, -0.2) is 6.04 Å². The van der Waals surface area contributed by atoms with Gasteiger partial charge in [0, 0.05) is 17.3 Å². The summed E-state index contributed by atoms with van der Waals surface area (Å²) in [7, 11) is 0. The first-order valence-electron chi connectivity index (χ1n) is 7.13. The smallest absolute Gasteiger partial charge is 0.123 e. The summed E-state index contributed by atoms with van der Waals surface area (Å²) in [6.07, 6.45) is 0. The van der Waals surface area contributed by atoms with Gasteiger partial charge in [-0.25, -0.2) is 4.39 Å². The molecule has 0 aliphatic carbocycles. The van der Waals surface area contributed by atoms with Crippen LogP contribution in [0.25, 0.3) is 21.2 Å². The number of benzene rings is 2. The Balaban J connectivity index is 2.12. The second-order valence-electron chi connectivity index (χ2n) is 5.48. The summed E-state index contributed by atoms with van der Waals surface area (Å²) in [5.74, 6) is -0.188. The highest BCUT2D eigenvalue weighted by atomic mass is 32.1. The summed E-state index contributed by atoms with van der Waals surface area (Å²) in [4.78, 5) is 0. The topological polar surface area (TPSA) is 12.0 Å². The van der Waals surface area contributed by atoms with Crippen molar-refractivity contribution in [2.24, 2.45) is 0 Å². The van der Waals surface area contributed by atoms with Gasteiger partial charge in [-0.3, -0.25) is 0 Å². The van der Waals surface area contributed by atoms with Crippen LogP contribution < -0.4 is 5.32 Å². The molecular weight excluding hydrogens is 281 g/mol. The summed E-state index contributed by atoms with van der Waals surface area (Å²) in [6, 6.07) is 13.8. The lowest BCUT2D eigenvalue weighted by Crippen LogP contribution is -2.22. The van der Waals surface area contributed by atoms with Crippen LogP contribution in [0.1, 0.15) is 19.4 Å². The molecule has 0 unspecified atom stereocenters. The number of hydrogen-bond acceptors (Lipinski definition) is 2. The van der Waals surface area contributed by atoms with E-state index in [1.807, 2.05) is 12.1 Å². The zero-order valence-corrected chi connectivity index (χ0v) is 13.0. The molecule has 1 N–H and O–H groups in total. The molecule has 2 aromatic carbocycles. The Hall–Kier alpha value is -1.71. The highest BCUT2D eigenvalue weighted by molar-refractivity contribution is 7.17. The van der Waals surface area contributed by atoms with Gasteiger partial charge in [0.1, 0.15) is 5.82 Å². The Kier molecular flexibility index (Phi) is 4.04. The fourth-order valence-electron chi connectivity index (χ4n) is 2.47. The average molecular weight is 299 g/mol. The quantitative estimate of drug-likeness (QED) is 0.697. The van der Waals surface area contributed by atoms with Gasteiger partial charge in [-0.2, -0.15) is 0 Å².